The molecule has 1 nitrogen and oxygen atoms in total. The highest BCUT2D eigenvalue weighted by atomic mass is 19.2. The second-order valence-corrected chi connectivity index (χ2v) is 9.54. The molecule has 0 atom stereocenters. The third kappa shape index (κ3) is 6.18. The van der Waals surface area contributed by atoms with Gasteiger partial charge in [-0.2, -0.15) is 4.39 Å². The summed E-state index contributed by atoms with van der Waals surface area (Å²) in [6.45, 7) is 4.42. The van der Waals surface area contributed by atoms with Crippen LogP contribution in [0.2, 0.25) is 0 Å². The summed E-state index contributed by atoms with van der Waals surface area (Å²) in [6.07, 6.45) is 16.9. The smallest absolute Gasteiger partial charge is 0.200 e. The van der Waals surface area contributed by atoms with Gasteiger partial charge in [0.25, 0.3) is 0 Å². The summed E-state index contributed by atoms with van der Waals surface area (Å²) >= 11 is 0. The van der Waals surface area contributed by atoms with Crippen molar-refractivity contribution in [2.75, 3.05) is 6.61 Å². The standard InChI is InChI=1S/C26H40F2O/c1-3-5-6-19-7-9-20(10-8-19)11-12-21-13-15-22(16-14-21)23-17-18-24(29-4-2)26(28)25(23)27/h17-22H,3-16H2,1-2H3/t19?,20?,21-,22-. The zero-order chi connectivity index (χ0) is 20.6. The van der Waals surface area contributed by atoms with E-state index >= 15 is 0 Å². The maximum Gasteiger partial charge on any atom is 0.200 e. The topological polar surface area (TPSA) is 9.23 Å². The van der Waals surface area contributed by atoms with Crippen LogP contribution in [-0.4, -0.2) is 6.61 Å². The molecule has 0 aromatic heterocycles. The van der Waals surface area contributed by atoms with Gasteiger partial charge in [0.1, 0.15) is 0 Å². The Labute approximate surface area is 176 Å². The largest absolute Gasteiger partial charge is 0.491 e. The highest BCUT2D eigenvalue weighted by molar-refractivity contribution is 5.33. The van der Waals surface area contributed by atoms with Crippen molar-refractivity contribution in [2.45, 2.75) is 103 Å². The Morgan fingerprint density at radius 1 is 0.759 bits per heavy atom. The summed E-state index contributed by atoms with van der Waals surface area (Å²) in [4.78, 5) is 0. The van der Waals surface area contributed by atoms with E-state index < -0.39 is 11.6 Å². The van der Waals surface area contributed by atoms with Crippen molar-refractivity contribution in [2.24, 2.45) is 17.8 Å². The molecule has 2 saturated carbocycles. The number of unbranched alkanes of at least 4 members (excludes halogenated alkanes) is 1. The second kappa shape index (κ2) is 11.3. The number of ether oxygens (including phenoxy) is 1. The van der Waals surface area contributed by atoms with Gasteiger partial charge >= 0.3 is 0 Å². The molecule has 0 unspecified atom stereocenters. The van der Waals surface area contributed by atoms with Crippen LogP contribution in [0.15, 0.2) is 12.1 Å². The lowest BCUT2D eigenvalue weighted by Crippen LogP contribution is -2.18. The van der Waals surface area contributed by atoms with Gasteiger partial charge < -0.3 is 4.74 Å². The molecule has 3 heteroatoms. The molecule has 1 aromatic carbocycles. The van der Waals surface area contributed by atoms with Crippen molar-refractivity contribution in [1.82, 2.24) is 0 Å². The molecule has 3 rings (SSSR count). The van der Waals surface area contributed by atoms with Crippen LogP contribution >= 0.6 is 0 Å². The first-order chi connectivity index (χ1) is 14.1. The van der Waals surface area contributed by atoms with Crippen LogP contribution in [0.1, 0.15) is 109 Å². The minimum absolute atomic E-state index is 0.0341. The lowest BCUT2D eigenvalue weighted by molar-refractivity contribution is 0.222. The maximum absolute atomic E-state index is 14.5. The van der Waals surface area contributed by atoms with E-state index in [1.54, 1.807) is 19.1 Å². The van der Waals surface area contributed by atoms with Crippen molar-refractivity contribution >= 4 is 0 Å². The fraction of sp³-hybridized carbons (Fsp3) is 0.769. The summed E-state index contributed by atoms with van der Waals surface area (Å²) in [6, 6.07) is 3.34. The van der Waals surface area contributed by atoms with Crippen LogP contribution in [-0.2, 0) is 0 Å². The van der Waals surface area contributed by atoms with Gasteiger partial charge in [-0.3, -0.25) is 0 Å². The van der Waals surface area contributed by atoms with E-state index in [0.717, 1.165) is 43.4 Å². The van der Waals surface area contributed by atoms with Crippen LogP contribution in [0, 0.1) is 29.4 Å². The van der Waals surface area contributed by atoms with Crippen molar-refractivity contribution < 1.29 is 13.5 Å². The zero-order valence-corrected chi connectivity index (χ0v) is 18.5. The molecule has 1 aromatic rings. The van der Waals surface area contributed by atoms with Gasteiger partial charge in [0.2, 0.25) is 5.82 Å². The molecule has 0 heterocycles. The maximum atomic E-state index is 14.5. The first-order valence-electron chi connectivity index (χ1n) is 12.2. The van der Waals surface area contributed by atoms with Gasteiger partial charge in [0.15, 0.2) is 11.6 Å². The van der Waals surface area contributed by atoms with Crippen molar-refractivity contribution in [3.8, 4) is 5.75 Å². The van der Waals surface area contributed by atoms with Crippen molar-refractivity contribution in [1.29, 1.82) is 0 Å². The molecule has 2 fully saturated rings. The van der Waals surface area contributed by atoms with Gasteiger partial charge in [-0.15, -0.1) is 0 Å². The van der Waals surface area contributed by atoms with Crippen molar-refractivity contribution in [3.05, 3.63) is 29.3 Å². The Morgan fingerprint density at radius 2 is 1.31 bits per heavy atom. The quantitative estimate of drug-likeness (QED) is 0.400. The molecule has 0 bridgehead atoms. The van der Waals surface area contributed by atoms with E-state index in [1.807, 2.05) is 0 Å². The van der Waals surface area contributed by atoms with E-state index in [9.17, 15) is 8.78 Å². The molecule has 2 aliphatic carbocycles. The first kappa shape index (κ1) is 22.6. The Kier molecular flexibility index (Phi) is 8.81. The predicted molar refractivity (Wildman–Crippen MR) is 116 cm³/mol. The molecule has 0 N–H and O–H groups in total. The molecule has 0 amide bonds. The average molecular weight is 407 g/mol. The van der Waals surface area contributed by atoms with Gasteiger partial charge in [-0.05, 0) is 67.9 Å². The van der Waals surface area contributed by atoms with Gasteiger partial charge in [-0.25, -0.2) is 4.39 Å². The fourth-order valence-electron chi connectivity index (χ4n) is 5.66. The lowest BCUT2D eigenvalue weighted by Gasteiger charge is -2.32. The Hall–Kier alpha value is -1.12. The molecule has 29 heavy (non-hydrogen) atoms. The average Bonchev–Trinajstić information content (AvgIpc) is 2.75. The summed E-state index contributed by atoms with van der Waals surface area (Å²) < 4.78 is 33.9. The van der Waals surface area contributed by atoms with Crippen LogP contribution in [0.4, 0.5) is 8.78 Å². The summed E-state index contributed by atoms with van der Waals surface area (Å²) in [5, 5.41) is 0. The molecule has 0 saturated heterocycles. The van der Waals surface area contributed by atoms with E-state index in [4.69, 9.17) is 4.74 Å². The highest BCUT2D eigenvalue weighted by Crippen LogP contribution is 2.41. The van der Waals surface area contributed by atoms with Crippen LogP contribution in [0.25, 0.3) is 0 Å². The molecular weight excluding hydrogens is 366 g/mol. The number of hydrogen-bond donors (Lipinski definition) is 0. The van der Waals surface area contributed by atoms with E-state index in [1.165, 1.54) is 57.8 Å². The SMILES string of the molecule is CCCCC1CCC(CC[C@H]2CC[C@H](c3ccc(OCC)c(F)c3F)CC2)CC1. The monoisotopic (exact) mass is 406 g/mol. The number of halogens is 2. The third-order valence-electron chi connectivity index (χ3n) is 7.58. The minimum Gasteiger partial charge on any atom is -0.491 e. The number of hydrogen-bond acceptors (Lipinski definition) is 1. The van der Waals surface area contributed by atoms with Gasteiger partial charge in [0, 0.05) is 0 Å². The van der Waals surface area contributed by atoms with Gasteiger partial charge in [-0.1, -0.05) is 70.8 Å². The molecule has 0 spiro atoms. The summed E-state index contributed by atoms with van der Waals surface area (Å²) in [5.74, 6) is 1.38. The van der Waals surface area contributed by atoms with E-state index in [2.05, 4.69) is 6.92 Å². The van der Waals surface area contributed by atoms with E-state index in [0.29, 0.717) is 12.2 Å². The van der Waals surface area contributed by atoms with E-state index in [-0.39, 0.29) is 11.7 Å². The van der Waals surface area contributed by atoms with Crippen LogP contribution < -0.4 is 4.74 Å². The van der Waals surface area contributed by atoms with Gasteiger partial charge in [0.05, 0.1) is 6.61 Å². The summed E-state index contributed by atoms with van der Waals surface area (Å²) in [5.41, 5.74) is 0.551. The zero-order valence-electron chi connectivity index (χ0n) is 18.5. The first-order valence-corrected chi connectivity index (χ1v) is 12.2. The molecule has 0 aliphatic heterocycles. The molecule has 2 aliphatic rings. The Morgan fingerprint density at radius 3 is 1.86 bits per heavy atom. The number of benzene rings is 1. The summed E-state index contributed by atoms with van der Waals surface area (Å²) in [7, 11) is 0. The normalized spacial score (nSPS) is 27.7. The molecule has 164 valence electrons. The number of rotatable bonds is 9. The lowest BCUT2D eigenvalue weighted by atomic mass is 9.74. The third-order valence-corrected chi connectivity index (χ3v) is 7.58. The molecule has 0 radical (unpaired) electrons. The predicted octanol–water partition coefficient (Wildman–Crippen LogP) is 8.41. The second-order valence-electron chi connectivity index (χ2n) is 9.54. The Bertz CT molecular complexity index is 613. The van der Waals surface area contributed by atoms with Crippen molar-refractivity contribution in [3.63, 3.8) is 0 Å². The highest BCUT2D eigenvalue weighted by Gasteiger charge is 2.28. The minimum atomic E-state index is -0.819. The molecular formula is C26H40F2O. The Balaban J connectivity index is 1.40. The fourth-order valence-corrected chi connectivity index (χ4v) is 5.66. The van der Waals surface area contributed by atoms with Crippen LogP contribution in [0.5, 0.6) is 5.75 Å². The van der Waals surface area contributed by atoms with Crippen LogP contribution in [0.3, 0.4) is 0 Å².